The molecule has 2 atom stereocenters. The fourth-order valence-corrected chi connectivity index (χ4v) is 2.83. The summed E-state index contributed by atoms with van der Waals surface area (Å²) in [4.78, 5) is 0. The van der Waals surface area contributed by atoms with E-state index in [0.29, 0.717) is 18.6 Å². The number of ether oxygens (including phenoxy) is 1. The number of hydrogen-bond acceptors (Lipinski definition) is 2. The van der Waals surface area contributed by atoms with Gasteiger partial charge in [0.15, 0.2) is 0 Å². The van der Waals surface area contributed by atoms with Gasteiger partial charge < -0.3 is 10.1 Å². The Balaban J connectivity index is 3.02. The third-order valence-electron chi connectivity index (χ3n) is 3.50. The zero-order valence-corrected chi connectivity index (χ0v) is 14.4. The molecule has 0 heterocycles. The van der Waals surface area contributed by atoms with Crippen LogP contribution in [0.2, 0.25) is 5.02 Å². The van der Waals surface area contributed by atoms with Crippen molar-refractivity contribution in [2.45, 2.75) is 53.2 Å². The van der Waals surface area contributed by atoms with Gasteiger partial charge in [0, 0.05) is 12.6 Å². The predicted molar refractivity (Wildman–Crippen MR) is 87.4 cm³/mol. The normalized spacial score (nSPS) is 15.0. The quantitative estimate of drug-likeness (QED) is 0.802. The van der Waals surface area contributed by atoms with Crippen molar-refractivity contribution in [1.29, 1.82) is 0 Å². The highest BCUT2D eigenvalue weighted by Gasteiger charge is 2.33. The molecule has 0 aliphatic rings. The molecule has 0 saturated carbocycles. The molecule has 0 radical (unpaired) electrons. The maximum absolute atomic E-state index is 14.1. The summed E-state index contributed by atoms with van der Waals surface area (Å²) in [6.45, 7) is 11.9. The van der Waals surface area contributed by atoms with Crippen LogP contribution in [0.4, 0.5) is 4.39 Å². The van der Waals surface area contributed by atoms with E-state index in [-0.39, 0.29) is 28.4 Å². The zero-order valence-electron chi connectivity index (χ0n) is 13.7. The van der Waals surface area contributed by atoms with E-state index in [4.69, 9.17) is 16.3 Å². The first-order valence-corrected chi connectivity index (χ1v) is 7.96. The average Bonchev–Trinajstić information content (AvgIpc) is 2.39. The van der Waals surface area contributed by atoms with Crippen molar-refractivity contribution < 1.29 is 9.13 Å². The second-order valence-corrected chi connectivity index (χ2v) is 6.73. The van der Waals surface area contributed by atoms with E-state index in [1.165, 1.54) is 0 Å². The smallest absolute Gasteiger partial charge is 0.145 e. The minimum absolute atomic E-state index is 0.000770. The van der Waals surface area contributed by atoms with Crippen molar-refractivity contribution >= 4 is 11.6 Å². The van der Waals surface area contributed by atoms with Crippen LogP contribution in [0, 0.1) is 11.2 Å². The van der Waals surface area contributed by atoms with Crippen LogP contribution < -0.4 is 5.32 Å². The van der Waals surface area contributed by atoms with Gasteiger partial charge in [-0.25, -0.2) is 4.39 Å². The molecule has 21 heavy (non-hydrogen) atoms. The van der Waals surface area contributed by atoms with Crippen LogP contribution in [0.3, 0.4) is 0 Å². The molecule has 1 aromatic carbocycles. The monoisotopic (exact) mass is 315 g/mol. The lowest BCUT2D eigenvalue weighted by molar-refractivity contribution is -0.0353. The molecule has 1 rings (SSSR count). The molecule has 0 amide bonds. The van der Waals surface area contributed by atoms with Gasteiger partial charge in [0.05, 0.1) is 11.1 Å². The van der Waals surface area contributed by atoms with Crippen molar-refractivity contribution in [3.8, 4) is 0 Å². The second kappa shape index (κ2) is 8.11. The second-order valence-electron chi connectivity index (χ2n) is 6.32. The van der Waals surface area contributed by atoms with E-state index in [2.05, 4.69) is 26.1 Å². The first kappa shape index (κ1) is 18.4. The molecule has 2 nitrogen and oxygen atoms in total. The van der Waals surface area contributed by atoms with Crippen molar-refractivity contribution in [3.63, 3.8) is 0 Å². The van der Waals surface area contributed by atoms with Crippen LogP contribution in [0.15, 0.2) is 18.2 Å². The van der Waals surface area contributed by atoms with E-state index in [0.717, 1.165) is 6.54 Å². The summed E-state index contributed by atoms with van der Waals surface area (Å²) >= 11 is 5.88. The molecule has 0 aliphatic heterocycles. The van der Waals surface area contributed by atoms with Gasteiger partial charge in [-0.15, -0.1) is 0 Å². The summed E-state index contributed by atoms with van der Waals surface area (Å²) < 4.78 is 20.1. The van der Waals surface area contributed by atoms with E-state index in [9.17, 15) is 4.39 Å². The molecule has 120 valence electrons. The molecule has 4 heteroatoms. The maximum atomic E-state index is 14.1. The Morgan fingerprint density at radius 2 is 1.95 bits per heavy atom. The van der Waals surface area contributed by atoms with E-state index < -0.39 is 0 Å². The third kappa shape index (κ3) is 5.24. The van der Waals surface area contributed by atoms with Crippen LogP contribution in [0.25, 0.3) is 0 Å². The summed E-state index contributed by atoms with van der Waals surface area (Å²) in [5, 5.41) is 3.61. The van der Waals surface area contributed by atoms with E-state index in [1.54, 1.807) is 18.2 Å². The lowest BCUT2D eigenvalue weighted by atomic mass is 9.82. The summed E-state index contributed by atoms with van der Waals surface area (Å²) in [5.41, 5.74) is 0.597. The van der Waals surface area contributed by atoms with Gasteiger partial charge in [-0.05, 0) is 36.9 Å². The Bertz CT molecular complexity index is 445. The molecule has 0 fully saturated rings. The molecule has 0 spiro atoms. The Hall–Kier alpha value is -0.640. The highest BCUT2D eigenvalue weighted by molar-refractivity contribution is 6.30. The Morgan fingerprint density at radius 3 is 2.48 bits per heavy atom. The Morgan fingerprint density at radius 1 is 1.29 bits per heavy atom. The number of halogens is 2. The first-order valence-electron chi connectivity index (χ1n) is 7.59. The van der Waals surface area contributed by atoms with Gasteiger partial charge in [0.25, 0.3) is 0 Å². The third-order valence-corrected chi connectivity index (χ3v) is 3.79. The van der Waals surface area contributed by atoms with Crippen LogP contribution in [0.1, 0.15) is 40.2 Å². The van der Waals surface area contributed by atoms with Gasteiger partial charge in [0.1, 0.15) is 5.82 Å². The Kier molecular flexibility index (Phi) is 7.11. The highest BCUT2D eigenvalue weighted by Crippen LogP contribution is 2.28. The standard InChI is InChI=1S/C17H27ClFNO/c1-6-20-14(16(21-7-2)17(3,4)5)11-12-9-8-10-13(18)15(12)19/h8-10,14,16,20H,6-7,11H2,1-5H3. The van der Waals surface area contributed by atoms with Gasteiger partial charge in [0.2, 0.25) is 0 Å². The van der Waals surface area contributed by atoms with Crippen LogP contribution in [0.5, 0.6) is 0 Å². The fourth-order valence-electron chi connectivity index (χ4n) is 2.64. The molecule has 0 aliphatic carbocycles. The number of benzene rings is 1. The topological polar surface area (TPSA) is 21.3 Å². The molecule has 0 saturated heterocycles. The van der Waals surface area contributed by atoms with E-state index >= 15 is 0 Å². The minimum Gasteiger partial charge on any atom is -0.376 e. The van der Waals surface area contributed by atoms with Crippen molar-refractivity contribution in [2.75, 3.05) is 13.2 Å². The summed E-state index contributed by atoms with van der Waals surface area (Å²) in [6, 6.07) is 5.20. The molecule has 0 bridgehead atoms. The molecular weight excluding hydrogens is 289 g/mol. The molecule has 1 aromatic rings. The van der Waals surface area contributed by atoms with Gasteiger partial charge in [-0.2, -0.15) is 0 Å². The molecular formula is C17H27ClFNO. The first-order chi connectivity index (χ1) is 9.81. The molecule has 2 unspecified atom stereocenters. The molecule has 1 N–H and O–H groups in total. The van der Waals surface area contributed by atoms with Crippen molar-refractivity contribution in [1.82, 2.24) is 5.32 Å². The predicted octanol–water partition coefficient (Wildman–Crippen LogP) is 4.45. The summed E-state index contributed by atoms with van der Waals surface area (Å²) in [7, 11) is 0. The van der Waals surface area contributed by atoms with Crippen LogP contribution in [-0.2, 0) is 11.2 Å². The highest BCUT2D eigenvalue weighted by atomic mass is 35.5. The number of hydrogen-bond donors (Lipinski definition) is 1. The Labute approximate surface area is 133 Å². The van der Waals surface area contributed by atoms with E-state index in [1.807, 2.05) is 13.8 Å². The van der Waals surface area contributed by atoms with Crippen LogP contribution in [-0.4, -0.2) is 25.3 Å². The number of rotatable bonds is 7. The van der Waals surface area contributed by atoms with Crippen LogP contribution >= 0.6 is 11.6 Å². The average molecular weight is 316 g/mol. The summed E-state index contributed by atoms with van der Waals surface area (Å²) in [6.07, 6.45) is 0.558. The minimum atomic E-state index is -0.328. The van der Waals surface area contributed by atoms with Gasteiger partial charge in [-0.1, -0.05) is 51.4 Å². The number of likely N-dealkylation sites (N-methyl/N-ethyl adjacent to an activating group) is 1. The van der Waals surface area contributed by atoms with Gasteiger partial charge in [-0.3, -0.25) is 0 Å². The lowest BCUT2D eigenvalue weighted by Gasteiger charge is -2.37. The molecule has 0 aromatic heterocycles. The fraction of sp³-hybridized carbons (Fsp3) is 0.647. The number of nitrogens with one attached hydrogen (secondary N) is 1. The zero-order chi connectivity index (χ0) is 16.0. The van der Waals surface area contributed by atoms with Crippen molar-refractivity contribution in [2.24, 2.45) is 5.41 Å². The van der Waals surface area contributed by atoms with Crippen molar-refractivity contribution in [3.05, 3.63) is 34.6 Å². The SMILES string of the molecule is CCNC(Cc1cccc(Cl)c1F)C(OCC)C(C)(C)C. The maximum Gasteiger partial charge on any atom is 0.145 e. The largest absolute Gasteiger partial charge is 0.376 e. The summed E-state index contributed by atoms with van der Waals surface area (Å²) in [5.74, 6) is -0.328. The lowest BCUT2D eigenvalue weighted by Crippen LogP contribution is -2.49. The van der Waals surface area contributed by atoms with Gasteiger partial charge >= 0.3 is 0 Å².